The normalized spacial score (nSPS) is 16.4. The summed E-state index contributed by atoms with van der Waals surface area (Å²) >= 11 is 0. The molecule has 3 rings (SSSR count). The molecule has 132 valence electrons. The average molecular weight is 341 g/mol. The molecule has 1 aliphatic carbocycles. The molecule has 5 heteroatoms. The third-order valence-electron chi connectivity index (χ3n) is 5.03. The number of ether oxygens (including phenoxy) is 1. The molecular formula is C20H23NO4. The molecule has 0 radical (unpaired) electrons. The fourth-order valence-corrected chi connectivity index (χ4v) is 3.63. The van der Waals surface area contributed by atoms with E-state index in [1.54, 1.807) is 7.11 Å². The van der Waals surface area contributed by atoms with Crippen LogP contribution in [-0.2, 0) is 16.0 Å². The van der Waals surface area contributed by atoms with Crippen LogP contribution in [0.5, 0.6) is 5.75 Å². The lowest BCUT2D eigenvalue weighted by molar-refractivity contribution is -0.149. The molecule has 0 aromatic heterocycles. The van der Waals surface area contributed by atoms with Gasteiger partial charge in [-0.15, -0.1) is 0 Å². The highest BCUT2D eigenvalue weighted by Gasteiger charge is 2.40. The van der Waals surface area contributed by atoms with Crippen molar-refractivity contribution in [1.29, 1.82) is 0 Å². The molecule has 1 fully saturated rings. The number of amides is 1. The molecule has 0 heterocycles. The van der Waals surface area contributed by atoms with Crippen molar-refractivity contribution < 1.29 is 19.4 Å². The summed E-state index contributed by atoms with van der Waals surface area (Å²) < 4.78 is 5.27. The van der Waals surface area contributed by atoms with E-state index in [4.69, 9.17) is 4.74 Å². The molecule has 0 unspecified atom stereocenters. The van der Waals surface area contributed by atoms with Crippen LogP contribution in [-0.4, -0.2) is 29.6 Å². The number of hydrogen-bond donors (Lipinski definition) is 2. The molecule has 1 amide bonds. The van der Waals surface area contributed by atoms with Gasteiger partial charge in [0.2, 0.25) is 5.91 Å². The van der Waals surface area contributed by atoms with Gasteiger partial charge in [0.15, 0.2) is 0 Å². The number of nitrogens with one attached hydrogen (secondary N) is 1. The van der Waals surface area contributed by atoms with Crippen LogP contribution in [0.15, 0.2) is 36.4 Å². The van der Waals surface area contributed by atoms with Gasteiger partial charge in [0.05, 0.1) is 13.5 Å². The van der Waals surface area contributed by atoms with Crippen LogP contribution in [0.1, 0.15) is 37.7 Å². The van der Waals surface area contributed by atoms with Gasteiger partial charge in [-0.2, -0.15) is 0 Å². The molecule has 5 nitrogen and oxygen atoms in total. The Bertz CT molecular complexity index is 793. The minimum atomic E-state index is -1.11. The van der Waals surface area contributed by atoms with Crippen molar-refractivity contribution in [3.05, 3.63) is 42.0 Å². The average Bonchev–Trinajstić information content (AvgIpc) is 2.62. The first-order valence-corrected chi connectivity index (χ1v) is 8.64. The Morgan fingerprint density at radius 2 is 1.92 bits per heavy atom. The molecule has 2 aromatic carbocycles. The number of rotatable bonds is 5. The van der Waals surface area contributed by atoms with Gasteiger partial charge in [0, 0.05) is 0 Å². The van der Waals surface area contributed by atoms with Gasteiger partial charge in [-0.1, -0.05) is 43.5 Å². The van der Waals surface area contributed by atoms with Crippen molar-refractivity contribution in [2.75, 3.05) is 7.11 Å². The number of benzene rings is 2. The summed E-state index contributed by atoms with van der Waals surface area (Å²) in [5.41, 5.74) is -0.248. The number of methoxy groups -OCH3 is 1. The summed E-state index contributed by atoms with van der Waals surface area (Å²) in [4.78, 5) is 24.3. The summed E-state index contributed by atoms with van der Waals surface area (Å²) in [5, 5.41) is 14.4. The summed E-state index contributed by atoms with van der Waals surface area (Å²) in [6.07, 6.45) is 3.83. The zero-order chi connectivity index (χ0) is 17.9. The Balaban J connectivity index is 1.83. The van der Waals surface area contributed by atoms with Crippen LogP contribution in [0.25, 0.3) is 10.8 Å². The van der Waals surface area contributed by atoms with Crippen molar-refractivity contribution in [2.24, 2.45) is 0 Å². The Labute approximate surface area is 147 Å². The number of fused-ring (bicyclic) bond motifs is 1. The highest BCUT2D eigenvalue weighted by Crippen LogP contribution is 2.29. The smallest absolute Gasteiger partial charge is 0.329 e. The van der Waals surface area contributed by atoms with Crippen molar-refractivity contribution >= 4 is 22.6 Å². The van der Waals surface area contributed by atoms with Gasteiger partial charge < -0.3 is 15.2 Å². The molecule has 0 bridgehead atoms. The minimum Gasteiger partial charge on any atom is -0.497 e. The van der Waals surface area contributed by atoms with E-state index in [1.165, 1.54) is 0 Å². The fraction of sp³-hybridized carbons (Fsp3) is 0.400. The predicted octanol–water partition coefficient (Wildman–Crippen LogP) is 3.29. The maximum Gasteiger partial charge on any atom is 0.329 e. The van der Waals surface area contributed by atoms with Gasteiger partial charge in [-0.3, -0.25) is 4.79 Å². The first-order valence-electron chi connectivity index (χ1n) is 8.64. The highest BCUT2D eigenvalue weighted by molar-refractivity contribution is 5.93. The predicted molar refractivity (Wildman–Crippen MR) is 95.8 cm³/mol. The van der Waals surface area contributed by atoms with Crippen molar-refractivity contribution in [2.45, 2.75) is 44.1 Å². The Kier molecular flexibility index (Phi) is 4.93. The monoisotopic (exact) mass is 341 g/mol. The molecule has 1 saturated carbocycles. The number of aliphatic carboxylic acids is 1. The third-order valence-corrected chi connectivity index (χ3v) is 5.03. The standard InChI is InChI=1S/C20H23NO4/c1-25-16-9-8-14-6-5-7-15(17(14)13-16)12-18(22)21-20(19(23)24)10-3-2-4-11-20/h5-9,13H,2-4,10-12H2,1H3,(H,21,22)(H,23,24). The summed E-state index contributed by atoms with van der Waals surface area (Å²) in [7, 11) is 1.61. The van der Waals surface area contributed by atoms with E-state index in [0.29, 0.717) is 12.8 Å². The van der Waals surface area contributed by atoms with E-state index < -0.39 is 11.5 Å². The summed E-state index contributed by atoms with van der Waals surface area (Å²) in [6, 6.07) is 11.5. The number of carbonyl (C=O) groups is 2. The summed E-state index contributed by atoms with van der Waals surface area (Å²) in [6.45, 7) is 0. The first kappa shape index (κ1) is 17.3. The maximum absolute atomic E-state index is 12.6. The van der Waals surface area contributed by atoms with E-state index in [0.717, 1.165) is 41.3 Å². The number of carbonyl (C=O) groups excluding carboxylic acids is 1. The fourth-order valence-electron chi connectivity index (χ4n) is 3.63. The van der Waals surface area contributed by atoms with Gasteiger partial charge in [0.25, 0.3) is 0 Å². The molecular weight excluding hydrogens is 318 g/mol. The molecule has 1 aliphatic rings. The van der Waals surface area contributed by atoms with E-state index in [1.807, 2.05) is 36.4 Å². The second kappa shape index (κ2) is 7.13. The quantitative estimate of drug-likeness (QED) is 0.875. The highest BCUT2D eigenvalue weighted by atomic mass is 16.5. The lowest BCUT2D eigenvalue weighted by atomic mass is 9.81. The SMILES string of the molecule is COc1ccc2cccc(CC(=O)NC3(C(=O)O)CCCCC3)c2c1. The van der Waals surface area contributed by atoms with E-state index in [9.17, 15) is 14.7 Å². The number of hydrogen-bond acceptors (Lipinski definition) is 3. The second-order valence-electron chi connectivity index (χ2n) is 6.68. The number of carboxylic acid groups (broad SMARTS) is 1. The van der Waals surface area contributed by atoms with Crippen LogP contribution >= 0.6 is 0 Å². The third kappa shape index (κ3) is 3.60. The zero-order valence-corrected chi connectivity index (χ0v) is 14.4. The Hall–Kier alpha value is -2.56. The topological polar surface area (TPSA) is 75.6 Å². The number of carboxylic acids is 1. The molecule has 0 aliphatic heterocycles. The molecule has 0 saturated heterocycles. The van der Waals surface area contributed by atoms with E-state index >= 15 is 0 Å². The van der Waals surface area contributed by atoms with Gasteiger partial charge in [0.1, 0.15) is 11.3 Å². The van der Waals surface area contributed by atoms with Crippen LogP contribution in [0.4, 0.5) is 0 Å². The molecule has 0 atom stereocenters. The van der Waals surface area contributed by atoms with Gasteiger partial charge in [-0.25, -0.2) is 4.79 Å². The molecule has 0 spiro atoms. The van der Waals surface area contributed by atoms with E-state index in [2.05, 4.69) is 5.32 Å². The van der Waals surface area contributed by atoms with Crippen LogP contribution in [0.2, 0.25) is 0 Å². The molecule has 25 heavy (non-hydrogen) atoms. The first-order chi connectivity index (χ1) is 12.0. The van der Waals surface area contributed by atoms with Crippen molar-refractivity contribution in [1.82, 2.24) is 5.32 Å². The van der Waals surface area contributed by atoms with Crippen molar-refractivity contribution in [3.8, 4) is 5.75 Å². The molecule has 2 N–H and O–H groups in total. The molecule has 2 aromatic rings. The van der Waals surface area contributed by atoms with E-state index in [-0.39, 0.29) is 12.3 Å². The summed E-state index contributed by atoms with van der Waals surface area (Å²) in [5.74, 6) is -0.450. The lowest BCUT2D eigenvalue weighted by Gasteiger charge is -2.34. The van der Waals surface area contributed by atoms with Crippen LogP contribution < -0.4 is 10.1 Å². The Morgan fingerprint density at radius 1 is 1.16 bits per heavy atom. The Morgan fingerprint density at radius 3 is 2.60 bits per heavy atom. The minimum absolute atomic E-state index is 0.152. The van der Waals surface area contributed by atoms with Crippen molar-refractivity contribution in [3.63, 3.8) is 0 Å². The van der Waals surface area contributed by atoms with Crippen LogP contribution in [0.3, 0.4) is 0 Å². The van der Waals surface area contributed by atoms with Crippen LogP contribution in [0, 0.1) is 0 Å². The maximum atomic E-state index is 12.6. The lowest BCUT2D eigenvalue weighted by Crippen LogP contribution is -2.56. The zero-order valence-electron chi connectivity index (χ0n) is 14.4. The van der Waals surface area contributed by atoms with Gasteiger partial charge in [-0.05, 0) is 41.3 Å². The van der Waals surface area contributed by atoms with Gasteiger partial charge >= 0.3 is 5.97 Å². The second-order valence-corrected chi connectivity index (χ2v) is 6.68. The largest absolute Gasteiger partial charge is 0.497 e.